The summed E-state index contributed by atoms with van der Waals surface area (Å²) in [5, 5.41) is 13.3. The van der Waals surface area contributed by atoms with Crippen LogP contribution in [0.4, 0.5) is 5.00 Å². The van der Waals surface area contributed by atoms with Gasteiger partial charge in [0.2, 0.25) is 11.8 Å². The van der Waals surface area contributed by atoms with Crippen LogP contribution < -0.4 is 5.32 Å². The molecule has 1 saturated heterocycles. The highest BCUT2D eigenvalue weighted by atomic mass is 32.1. The van der Waals surface area contributed by atoms with Crippen LogP contribution >= 0.6 is 11.3 Å². The molecule has 7 nitrogen and oxygen atoms in total. The lowest BCUT2D eigenvalue weighted by Gasteiger charge is -2.22. The number of fused-ring (bicyclic) bond motifs is 1. The SMILES string of the molecule is CC1CCc2c(sc(NC(=O)CCN3CCCN(CC(=O)N(C)C)CC3)c2C#N)C1. The van der Waals surface area contributed by atoms with E-state index < -0.39 is 0 Å². The molecule has 1 N–H and O–H groups in total. The van der Waals surface area contributed by atoms with Crippen LogP contribution in [-0.2, 0) is 22.4 Å². The topological polar surface area (TPSA) is 79.7 Å². The zero-order chi connectivity index (χ0) is 21.7. The fourth-order valence-electron chi connectivity index (χ4n) is 4.14. The Morgan fingerprint density at radius 3 is 2.70 bits per heavy atom. The number of thiophene rings is 1. The van der Waals surface area contributed by atoms with E-state index in [0.29, 0.717) is 31.0 Å². The predicted octanol–water partition coefficient (Wildman–Crippen LogP) is 2.17. The highest BCUT2D eigenvalue weighted by molar-refractivity contribution is 7.16. The number of nitriles is 1. The van der Waals surface area contributed by atoms with E-state index in [1.165, 1.54) is 4.88 Å². The smallest absolute Gasteiger partial charge is 0.236 e. The molecule has 8 heteroatoms. The highest BCUT2D eigenvalue weighted by Crippen LogP contribution is 2.39. The van der Waals surface area contributed by atoms with Crippen molar-refractivity contribution in [2.24, 2.45) is 5.92 Å². The van der Waals surface area contributed by atoms with Gasteiger partial charge in [-0.15, -0.1) is 11.3 Å². The summed E-state index contributed by atoms with van der Waals surface area (Å²) in [6.45, 7) is 6.96. The first-order chi connectivity index (χ1) is 14.4. The zero-order valence-corrected chi connectivity index (χ0v) is 19.2. The van der Waals surface area contributed by atoms with Crippen LogP contribution in [0.25, 0.3) is 0 Å². The summed E-state index contributed by atoms with van der Waals surface area (Å²) in [7, 11) is 3.57. The molecule has 2 aliphatic rings. The average molecular weight is 432 g/mol. The molecule has 1 aromatic rings. The number of likely N-dealkylation sites (N-methyl/N-ethyl adjacent to an activating group) is 1. The number of rotatable bonds is 6. The van der Waals surface area contributed by atoms with Gasteiger partial charge in [-0.3, -0.25) is 14.5 Å². The molecule has 2 heterocycles. The largest absolute Gasteiger partial charge is 0.348 e. The monoisotopic (exact) mass is 431 g/mol. The summed E-state index contributed by atoms with van der Waals surface area (Å²) in [4.78, 5) is 31.9. The second-order valence-corrected chi connectivity index (χ2v) is 9.83. The lowest BCUT2D eigenvalue weighted by Crippen LogP contribution is -2.39. The Hall–Kier alpha value is -1.95. The van der Waals surface area contributed by atoms with E-state index in [-0.39, 0.29) is 11.8 Å². The third-order valence-corrected chi connectivity index (χ3v) is 7.24. The normalized spacial score (nSPS) is 20.1. The molecule has 0 saturated carbocycles. The van der Waals surface area contributed by atoms with Crippen LogP contribution in [0.3, 0.4) is 0 Å². The van der Waals surface area contributed by atoms with Gasteiger partial charge in [0.25, 0.3) is 0 Å². The van der Waals surface area contributed by atoms with Gasteiger partial charge in [0.1, 0.15) is 11.1 Å². The Labute approximate surface area is 183 Å². The molecular weight excluding hydrogens is 398 g/mol. The number of carbonyl (C=O) groups excluding carboxylic acids is 2. The van der Waals surface area contributed by atoms with E-state index in [1.54, 1.807) is 30.3 Å². The third-order valence-electron chi connectivity index (χ3n) is 6.07. The number of hydrogen-bond donors (Lipinski definition) is 1. The number of carbonyl (C=O) groups is 2. The van der Waals surface area contributed by atoms with Crippen molar-refractivity contribution in [3.05, 3.63) is 16.0 Å². The maximum absolute atomic E-state index is 12.6. The molecular formula is C22H33N5O2S. The minimum absolute atomic E-state index is 0.0259. The van der Waals surface area contributed by atoms with Crippen molar-refractivity contribution < 1.29 is 9.59 Å². The Morgan fingerprint density at radius 1 is 1.23 bits per heavy atom. The Bertz CT molecular complexity index is 813. The van der Waals surface area contributed by atoms with Gasteiger partial charge >= 0.3 is 0 Å². The van der Waals surface area contributed by atoms with E-state index in [2.05, 4.69) is 28.1 Å². The van der Waals surface area contributed by atoms with Crippen LogP contribution in [0.15, 0.2) is 0 Å². The van der Waals surface area contributed by atoms with E-state index >= 15 is 0 Å². The Balaban J connectivity index is 1.48. The molecule has 1 fully saturated rings. The van der Waals surface area contributed by atoms with Gasteiger partial charge in [-0.1, -0.05) is 6.92 Å². The number of nitrogens with zero attached hydrogens (tertiary/aromatic N) is 4. The number of anilines is 1. The first-order valence-electron chi connectivity index (χ1n) is 10.9. The summed E-state index contributed by atoms with van der Waals surface area (Å²) in [5.74, 6) is 0.744. The van der Waals surface area contributed by atoms with Gasteiger partial charge in [0.15, 0.2) is 0 Å². The van der Waals surface area contributed by atoms with E-state index in [0.717, 1.165) is 62.4 Å². The van der Waals surface area contributed by atoms with Gasteiger partial charge in [0, 0.05) is 45.0 Å². The Morgan fingerprint density at radius 2 is 1.97 bits per heavy atom. The standard InChI is InChI=1S/C22H33N5O2S/c1-16-5-6-17-18(14-23)22(30-19(17)13-16)24-20(28)7-10-26-8-4-9-27(12-11-26)15-21(29)25(2)3/h16H,4-13,15H2,1-3H3,(H,24,28). The van der Waals surface area contributed by atoms with E-state index in [1.807, 2.05) is 0 Å². The van der Waals surface area contributed by atoms with Gasteiger partial charge in [-0.05, 0) is 50.3 Å². The molecule has 3 rings (SSSR count). The lowest BCUT2D eigenvalue weighted by atomic mass is 9.89. The molecule has 1 unspecified atom stereocenters. The van der Waals surface area contributed by atoms with E-state index in [4.69, 9.17) is 0 Å². The zero-order valence-electron chi connectivity index (χ0n) is 18.4. The van der Waals surface area contributed by atoms with Crippen LogP contribution in [0.1, 0.15) is 42.2 Å². The first-order valence-corrected chi connectivity index (χ1v) is 11.7. The summed E-state index contributed by atoms with van der Waals surface area (Å²) in [6.07, 6.45) is 4.46. The van der Waals surface area contributed by atoms with Crippen molar-refractivity contribution in [2.45, 2.75) is 39.0 Å². The van der Waals surface area contributed by atoms with Crippen LogP contribution in [0.5, 0.6) is 0 Å². The molecule has 164 valence electrons. The summed E-state index contributed by atoms with van der Waals surface area (Å²) in [5.41, 5.74) is 1.82. The fraction of sp³-hybridized carbons (Fsp3) is 0.682. The van der Waals surface area contributed by atoms with E-state index in [9.17, 15) is 14.9 Å². The predicted molar refractivity (Wildman–Crippen MR) is 120 cm³/mol. The van der Waals surface area contributed by atoms with Crippen LogP contribution in [-0.4, -0.2) is 79.9 Å². The molecule has 0 bridgehead atoms. The van der Waals surface area contributed by atoms with Crippen molar-refractivity contribution in [3.8, 4) is 6.07 Å². The highest BCUT2D eigenvalue weighted by Gasteiger charge is 2.25. The maximum atomic E-state index is 12.6. The molecule has 1 aromatic heterocycles. The molecule has 1 aliphatic heterocycles. The molecule has 2 amide bonds. The van der Waals surface area contributed by atoms with Crippen LogP contribution in [0.2, 0.25) is 0 Å². The molecule has 1 aliphatic carbocycles. The van der Waals surface area contributed by atoms with Gasteiger partial charge in [0.05, 0.1) is 12.1 Å². The van der Waals surface area contributed by atoms with Crippen molar-refractivity contribution in [1.29, 1.82) is 5.26 Å². The fourth-order valence-corrected chi connectivity index (χ4v) is 5.52. The van der Waals surface area contributed by atoms with Crippen molar-refractivity contribution in [1.82, 2.24) is 14.7 Å². The first kappa shape index (κ1) is 22.7. The van der Waals surface area contributed by atoms with Crippen LogP contribution in [0, 0.1) is 17.2 Å². The van der Waals surface area contributed by atoms with Gasteiger partial charge in [-0.2, -0.15) is 5.26 Å². The summed E-state index contributed by atoms with van der Waals surface area (Å²) < 4.78 is 0. The third kappa shape index (κ3) is 5.81. The average Bonchev–Trinajstić information content (AvgIpc) is 2.87. The number of hydrogen-bond acceptors (Lipinski definition) is 6. The van der Waals surface area contributed by atoms with Crippen molar-refractivity contribution in [3.63, 3.8) is 0 Å². The minimum Gasteiger partial charge on any atom is -0.348 e. The minimum atomic E-state index is -0.0259. The second-order valence-electron chi connectivity index (χ2n) is 8.73. The van der Waals surface area contributed by atoms with Gasteiger partial charge < -0.3 is 15.1 Å². The second kappa shape index (κ2) is 10.4. The maximum Gasteiger partial charge on any atom is 0.236 e. The Kier molecular flexibility index (Phi) is 7.87. The van der Waals surface area contributed by atoms with Gasteiger partial charge in [-0.25, -0.2) is 0 Å². The summed E-state index contributed by atoms with van der Waals surface area (Å²) >= 11 is 1.58. The quantitative estimate of drug-likeness (QED) is 0.747. The molecule has 0 spiro atoms. The summed E-state index contributed by atoms with van der Waals surface area (Å²) in [6, 6.07) is 2.31. The molecule has 0 aromatic carbocycles. The lowest BCUT2D eigenvalue weighted by molar-refractivity contribution is -0.129. The molecule has 30 heavy (non-hydrogen) atoms. The number of amides is 2. The number of nitrogens with one attached hydrogen (secondary N) is 1. The molecule has 1 atom stereocenters. The van der Waals surface area contributed by atoms with Crippen molar-refractivity contribution in [2.75, 3.05) is 58.7 Å². The van der Waals surface area contributed by atoms with Crippen molar-refractivity contribution >= 4 is 28.2 Å². The molecule has 0 radical (unpaired) electrons.